The molecule has 1 fully saturated rings. The quantitative estimate of drug-likeness (QED) is 0.662. The number of sulfonamides is 1. The normalized spacial score (nSPS) is 19.0. The van der Waals surface area contributed by atoms with Gasteiger partial charge in [0.25, 0.3) is 0 Å². The third-order valence-corrected chi connectivity index (χ3v) is 4.42. The van der Waals surface area contributed by atoms with Gasteiger partial charge in [-0.05, 0) is 26.7 Å². The van der Waals surface area contributed by atoms with Gasteiger partial charge in [0, 0.05) is 6.04 Å². The lowest BCUT2D eigenvalue weighted by Crippen LogP contribution is -2.42. The number of alkyl halides is 2. The third-order valence-electron chi connectivity index (χ3n) is 1.94. The first-order chi connectivity index (χ1) is 5.87. The summed E-state index contributed by atoms with van der Waals surface area (Å²) in [5.41, 5.74) is 0. The second-order valence-corrected chi connectivity index (χ2v) is 5.56. The molecule has 0 unspecified atom stereocenters. The maximum atomic E-state index is 12.4. The summed E-state index contributed by atoms with van der Waals surface area (Å²) < 4.78 is 47.9. The van der Waals surface area contributed by atoms with E-state index in [4.69, 9.17) is 0 Å². The molecule has 0 aromatic heterocycles. The molecule has 1 aliphatic carbocycles. The minimum atomic E-state index is -3.74. The number of hydrogen-bond donors (Lipinski definition) is 0. The van der Waals surface area contributed by atoms with Crippen molar-refractivity contribution in [2.24, 2.45) is 0 Å². The fourth-order valence-corrected chi connectivity index (χ4v) is 3.05. The van der Waals surface area contributed by atoms with Crippen LogP contribution in [0, 0.1) is 0 Å². The zero-order valence-electron chi connectivity index (χ0n) is 7.57. The lowest BCUT2D eigenvalue weighted by molar-refractivity contribution is 0.0152. The monoisotopic (exact) mass is 213 g/mol. The average molecular weight is 213 g/mol. The largest absolute Gasteiger partial charge is 0.307 e. The number of halogens is 2. The fourth-order valence-electron chi connectivity index (χ4n) is 1.17. The Labute approximate surface area is 76.8 Å². The molecule has 1 saturated carbocycles. The van der Waals surface area contributed by atoms with Gasteiger partial charge in [-0.2, -0.15) is 8.78 Å². The second kappa shape index (κ2) is 3.49. The first kappa shape index (κ1) is 10.8. The topological polar surface area (TPSA) is 37.4 Å². The van der Waals surface area contributed by atoms with Crippen molar-refractivity contribution >= 4 is 10.0 Å². The molecule has 0 atom stereocenters. The van der Waals surface area contributed by atoms with Gasteiger partial charge in [0.1, 0.15) is 0 Å². The fraction of sp³-hybridized carbons (Fsp3) is 1.00. The Morgan fingerprint density at radius 1 is 1.31 bits per heavy atom. The van der Waals surface area contributed by atoms with Crippen LogP contribution in [0.4, 0.5) is 8.78 Å². The lowest BCUT2D eigenvalue weighted by Gasteiger charge is -2.24. The zero-order chi connectivity index (χ0) is 10.2. The maximum absolute atomic E-state index is 12.4. The van der Waals surface area contributed by atoms with Gasteiger partial charge in [-0.1, -0.05) is 0 Å². The molecule has 0 spiro atoms. The van der Waals surface area contributed by atoms with Crippen molar-refractivity contribution in [1.29, 1.82) is 0 Å². The number of nitrogens with zero attached hydrogens (tertiary/aromatic N) is 1. The van der Waals surface area contributed by atoms with Crippen LogP contribution in [0.2, 0.25) is 0 Å². The van der Waals surface area contributed by atoms with E-state index in [-0.39, 0.29) is 0 Å². The highest BCUT2D eigenvalue weighted by atomic mass is 32.2. The highest BCUT2D eigenvalue weighted by molar-refractivity contribution is 7.90. The van der Waals surface area contributed by atoms with Crippen LogP contribution in [0.1, 0.15) is 26.7 Å². The minimum absolute atomic E-state index is 0.296. The molecular formula is C7H13F2NO2S. The Bertz CT molecular complexity index is 264. The van der Waals surface area contributed by atoms with E-state index in [1.165, 1.54) is 13.8 Å². The van der Waals surface area contributed by atoms with Crippen LogP contribution in [0.5, 0.6) is 0 Å². The molecule has 0 bridgehead atoms. The maximum Gasteiger partial charge on any atom is 0.307 e. The van der Waals surface area contributed by atoms with Gasteiger partial charge in [0.2, 0.25) is 10.0 Å². The molecule has 13 heavy (non-hydrogen) atoms. The molecule has 0 aromatic carbocycles. The molecule has 6 heteroatoms. The van der Waals surface area contributed by atoms with Gasteiger partial charge in [0.15, 0.2) is 0 Å². The van der Waals surface area contributed by atoms with E-state index >= 15 is 0 Å². The van der Waals surface area contributed by atoms with E-state index in [1.807, 2.05) is 0 Å². The molecule has 0 radical (unpaired) electrons. The van der Waals surface area contributed by atoms with Gasteiger partial charge >= 0.3 is 6.55 Å². The molecule has 0 saturated heterocycles. The smallest absolute Gasteiger partial charge is 0.212 e. The Morgan fingerprint density at radius 3 is 2.00 bits per heavy atom. The summed E-state index contributed by atoms with van der Waals surface area (Å²) in [7, 11) is -3.74. The van der Waals surface area contributed by atoms with Crippen molar-refractivity contribution < 1.29 is 17.2 Å². The summed E-state index contributed by atoms with van der Waals surface area (Å²) in [5, 5.41) is -0.566. The van der Waals surface area contributed by atoms with Gasteiger partial charge in [-0.3, -0.25) is 0 Å². The van der Waals surface area contributed by atoms with Crippen molar-refractivity contribution in [3.05, 3.63) is 0 Å². The predicted octanol–water partition coefficient (Wildman–Crippen LogP) is 1.41. The Hall–Kier alpha value is -0.230. The first-order valence-electron chi connectivity index (χ1n) is 4.18. The second-order valence-electron chi connectivity index (χ2n) is 3.45. The van der Waals surface area contributed by atoms with E-state index in [0.717, 1.165) is 0 Å². The summed E-state index contributed by atoms with van der Waals surface area (Å²) >= 11 is 0. The van der Waals surface area contributed by atoms with Crippen molar-refractivity contribution in [3.8, 4) is 0 Å². The third kappa shape index (κ3) is 2.17. The van der Waals surface area contributed by atoms with E-state index < -0.39 is 27.9 Å². The average Bonchev–Trinajstić information content (AvgIpc) is 2.61. The van der Waals surface area contributed by atoms with Gasteiger partial charge in [-0.25, -0.2) is 8.42 Å². The van der Waals surface area contributed by atoms with Gasteiger partial charge < -0.3 is 0 Å². The van der Waals surface area contributed by atoms with E-state index in [0.29, 0.717) is 17.1 Å². The van der Waals surface area contributed by atoms with Crippen LogP contribution in [-0.2, 0) is 10.0 Å². The van der Waals surface area contributed by atoms with Crippen LogP contribution in [0.15, 0.2) is 0 Å². The standard InChI is InChI=1S/C7H13F2NO2S/c1-5(2)10(7(8)9)13(11,12)6-3-4-6/h5-7H,3-4H2,1-2H3. The summed E-state index contributed by atoms with van der Waals surface area (Å²) in [6, 6.07) is -0.675. The molecule has 0 heterocycles. The molecule has 3 nitrogen and oxygen atoms in total. The van der Waals surface area contributed by atoms with Crippen LogP contribution in [-0.4, -0.2) is 30.6 Å². The highest BCUT2D eigenvalue weighted by Crippen LogP contribution is 2.33. The van der Waals surface area contributed by atoms with Crippen molar-refractivity contribution in [1.82, 2.24) is 4.31 Å². The molecule has 1 rings (SSSR count). The summed E-state index contributed by atoms with van der Waals surface area (Å²) in [4.78, 5) is 0. The zero-order valence-corrected chi connectivity index (χ0v) is 8.39. The molecule has 0 N–H and O–H groups in total. The molecular weight excluding hydrogens is 200 g/mol. The Kier molecular flexibility index (Phi) is 2.91. The molecule has 0 amide bonds. The van der Waals surface area contributed by atoms with Crippen molar-refractivity contribution in [3.63, 3.8) is 0 Å². The van der Waals surface area contributed by atoms with Crippen molar-refractivity contribution in [2.75, 3.05) is 0 Å². The van der Waals surface area contributed by atoms with Crippen LogP contribution >= 0.6 is 0 Å². The summed E-state index contributed by atoms with van der Waals surface area (Å²) in [5.74, 6) is 0. The van der Waals surface area contributed by atoms with E-state index in [2.05, 4.69) is 0 Å². The van der Waals surface area contributed by atoms with Crippen molar-refractivity contribution in [2.45, 2.75) is 44.5 Å². The summed E-state index contributed by atoms with van der Waals surface area (Å²) in [6.07, 6.45) is 1.02. The van der Waals surface area contributed by atoms with E-state index in [9.17, 15) is 17.2 Å². The first-order valence-corrected chi connectivity index (χ1v) is 5.68. The van der Waals surface area contributed by atoms with E-state index in [1.54, 1.807) is 0 Å². The molecule has 78 valence electrons. The Balaban J connectivity index is 2.86. The number of hydrogen-bond acceptors (Lipinski definition) is 2. The Morgan fingerprint density at radius 2 is 1.77 bits per heavy atom. The van der Waals surface area contributed by atoms with Crippen LogP contribution in [0.3, 0.4) is 0 Å². The molecule has 0 aromatic rings. The molecule has 0 aliphatic heterocycles. The lowest BCUT2D eigenvalue weighted by atomic mass is 10.4. The van der Waals surface area contributed by atoms with Crippen LogP contribution in [0.25, 0.3) is 0 Å². The predicted molar refractivity (Wildman–Crippen MR) is 44.9 cm³/mol. The molecule has 1 aliphatic rings. The highest BCUT2D eigenvalue weighted by Gasteiger charge is 2.44. The van der Waals surface area contributed by atoms with Gasteiger partial charge in [0.05, 0.1) is 5.25 Å². The minimum Gasteiger partial charge on any atom is -0.212 e. The van der Waals surface area contributed by atoms with Crippen LogP contribution < -0.4 is 0 Å². The summed E-state index contributed by atoms with van der Waals surface area (Å²) in [6.45, 7) is -0.0244. The van der Waals surface area contributed by atoms with Gasteiger partial charge in [-0.15, -0.1) is 4.31 Å². The number of rotatable bonds is 4. The SMILES string of the molecule is CC(C)N(C(F)F)S(=O)(=O)C1CC1.